The van der Waals surface area contributed by atoms with Crippen LogP contribution >= 0.6 is 11.6 Å². The molecule has 3 nitrogen and oxygen atoms in total. The molecule has 1 aromatic rings. The van der Waals surface area contributed by atoms with Crippen LogP contribution < -0.4 is 0 Å². The molecule has 0 spiro atoms. The second kappa shape index (κ2) is 3.49. The molecule has 0 aliphatic carbocycles. The van der Waals surface area contributed by atoms with Gasteiger partial charge in [-0.2, -0.15) is 0 Å². The first-order valence-electron chi connectivity index (χ1n) is 3.15. The number of rotatable bonds is 2. The largest absolute Gasteiger partial charge is 0.264 e. The van der Waals surface area contributed by atoms with Crippen molar-refractivity contribution in [2.75, 3.05) is 0 Å². The van der Waals surface area contributed by atoms with E-state index in [1.807, 2.05) is 0 Å². The van der Waals surface area contributed by atoms with Gasteiger partial charge in [0.1, 0.15) is 5.82 Å². The van der Waals surface area contributed by atoms with Gasteiger partial charge >= 0.3 is 0 Å². The summed E-state index contributed by atoms with van der Waals surface area (Å²) in [6, 6.07) is 3.71. The van der Waals surface area contributed by atoms with Gasteiger partial charge in [0.2, 0.25) is 6.54 Å². The summed E-state index contributed by atoms with van der Waals surface area (Å²) >= 11 is 5.51. The van der Waals surface area contributed by atoms with Crippen LogP contribution in [-0.4, -0.2) is 4.92 Å². The molecule has 0 aliphatic heterocycles. The zero-order valence-electron chi connectivity index (χ0n) is 5.96. The second-order valence-corrected chi connectivity index (χ2v) is 2.66. The summed E-state index contributed by atoms with van der Waals surface area (Å²) in [4.78, 5) is 9.43. The van der Waals surface area contributed by atoms with E-state index >= 15 is 0 Å². The highest BCUT2D eigenvalue weighted by atomic mass is 35.5. The Hall–Kier alpha value is -1.16. The normalized spacial score (nSPS) is 9.83. The fraction of sp³-hybridized carbons (Fsp3) is 0.143. The quantitative estimate of drug-likeness (QED) is 0.529. The van der Waals surface area contributed by atoms with E-state index in [2.05, 4.69) is 0 Å². The van der Waals surface area contributed by atoms with E-state index in [1.54, 1.807) is 0 Å². The maximum absolute atomic E-state index is 12.8. The molecule has 1 aromatic carbocycles. The van der Waals surface area contributed by atoms with Crippen LogP contribution in [0.1, 0.15) is 5.56 Å². The molecule has 0 aromatic heterocycles. The number of nitro groups is 1. The highest BCUT2D eigenvalue weighted by Crippen LogP contribution is 2.15. The van der Waals surface area contributed by atoms with Crippen molar-refractivity contribution in [3.05, 3.63) is 44.7 Å². The van der Waals surface area contributed by atoms with Crippen molar-refractivity contribution in [3.8, 4) is 0 Å². The van der Waals surface area contributed by atoms with Crippen LogP contribution in [0, 0.1) is 15.9 Å². The Morgan fingerprint density at radius 2 is 2.25 bits per heavy atom. The third-order valence-corrected chi connectivity index (χ3v) is 1.54. The molecule has 0 unspecified atom stereocenters. The van der Waals surface area contributed by atoms with Gasteiger partial charge in [-0.25, -0.2) is 4.39 Å². The van der Waals surface area contributed by atoms with Crippen LogP contribution in [0.2, 0.25) is 5.02 Å². The van der Waals surface area contributed by atoms with Gasteiger partial charge in [-0.1, -0.05) is 11.6 Å². The second-order valence-electron chi connectivity index (χ2n) is 2.23. The van der Waals surface area contributed by atoms with Gasteiger partial charge in [0.05, 0.1) is 5.56 Å². The summed E-state index contributed by atoms with van der Waals surface area (Å²) in [5.41, 5.74) is 0.00694. The number of nitrogens with zero attached hydrogens (tertiary/aromatic N) is 1. The van der Waals surface area contributed by atoms with Crippen molar-refractivity contribution in [2.45, 2.75) is 6.54 Å². The molecule has 0 saturated carbocycles. The molecular weight excluding hydrogens is 185 g/mol. The summed E-state index contributed by atoms with van der Waals surface area (Å²) in [7, 11) is 0. The molecule has 0 N–H and O–H groups in total. The summed E-state index contributed by atoms with van der Waals surface area (Å²) in [5, 5.41) is 10.3. The van der Waals surface area contributed by atoms with E-state index in [1.165, 1.54) is 12.1 Å². The predicted molar refractivity (Wildman–Crippen MR) is 42.1 cm³/mol. The molecular formula is C7H5ClFNO2. The van der Waals surface area contributed by atoms with E-state index in [0.717, 1.165) is 6.07 Å². The lowest BCUT2D eigenvalue weighted by Gasteiger charge is -1.97. The Labute approximate surface area is 72.9 Å². The van der Waals surface area contributed by atoms with Gasteiger partial charge in [0.15, 0.2) is 0 Å². The van der Waals surface area contributed by atoms with Gasteiger partial charge in [-0.3, -0.25) is 10.1 Å². The van der Waals surface area contributed by atoms with Crippen LogP contribution in [0.25, 0.3) is 0 Å². The van der Waals surface area contributed by atoms with Crippen LogP contribution in [0.5, 0.6) is 0 Å². The van der Waals surface area contributed by atoms with Crippen LogP contribution in [0.15, 0.2) is 18.2 Å². The number of hydrogen-bond acceptors (Lipinski definition) is 2. The van der Waals surface area contributed by atoms with E-state index in [0.29, 0.717) is 5.02 Å². The third-order valence-electron chi connectivity index (χ3n) is 1.31. The highest BCUT2D eigenvalue weighted by Gasteiger charge is 2.08. The lowest BCUT2D eigenvalue weighted by Crippen LogP contribution is -2.00. The van der Waals surface area contributed by atoms with E-state index in [4.69, 9.17) is 11.6 Å². The lowest BCUT2D eigenvalue weighted by atomic mass is 10.2. The minimum atomic E-state index is -0.602. The topological polar surface area (TPSA) is 43.1 Å². The summed E-state index contributed by atoms with van der Waals surface area (Å²) in [6.45, 7) is -0.535. The Kier molecular flexibility index (Phi) is 2.60. The fourth-order valence-corrected chi connectivity index (χ4v) is 0.998. The van der Waals surface area contributed by atoms with Crippen molar-refractivity contribution in [3.63, 3.8) is 0 Å². The van der Waals surface area contributed by atoms with E-state index in [-0.39, 0.29) is 5.56 Å². The zero-order chi connectivity index (χ0) is 9.14. The Bertz CT molecular complexity index is 316. The van der Waals surface area contributed by atoms with Gasteiger partial charge in [-0.15, -0.1) is 0 Å². The molecule has 0 saturated heterocycles. The standard InChI is InChI=1S/C7H5ClFNO2/c8-6-1-2-7(9)5(3-6)4-10(11)12/h1-3H,4H2. The highest BCUT2D eigenvalue weighted by molar-refractivity contribution is 6.30. The molecule has 1 rings (SSSR count). The van der Waals surface area contributed by atoms with Crippen molar-refractivity contribution in [2.24, 2.45) is 0 Å². The minimum absolute atomic E-state index is 0.00694. The number of halogens is 2. The summed E-state index contributed by atoms with van der Waals surface area (Å²) in [5.74, 6) is -0.601. The molecule has 5 heteroatoms. The number of benzene rings is 1. The molecule has 0 heterocycles. The predicted octanol–water partition coefficient (Wildman–Crippen LogP) is 2.26. The first-order valence-corrected chi connectivity index (χ1v) is 3.53. The Morgan fingerprint density at radius 3 is 2.83 bits per heavy atom. The Balaban J connectivity index is 2.97. The zero-order valence-corrected chi connectivity index (χ0v) is 6.71. The fourth-order valence-electron chi connectivity index (χ4n) is 0.804. The third kappa shape index (κ3) is 2.17. The lowest BCUT2D eigenvalue weighted by molar-refractivity contribution is -0.497. The van der Waals surface area contributed by atoms with Crippen molar-refractivity contribution in [1.29, 1.82) is 0 Å². The first-order chi connectivity index (χ1) is 5.59. The van der Waals surface area contributed by atoms with Crippen LogP contribution in [-0.2, 0) is 6.54 Å². The van der Waals surface area contributed by atoms with Gasteiger partial charge < -0.3 is 0 Å². The summed E-state index contributed by atoms with van der Waals surface area (Å²) < 4.78 is 12.8. The molecule has 12 heavy (non-hydrogen) atoms. The van der Waals surface area contributed by atoms with Crippen molar-refractivity contribution < 1.29 is 9.31 Å². The maximum Gasteiger partial charge on any atom is 0.231 e. The van der Waals surface area contributed by atoms with Crippen molar-refractivity contribution in [1.82, 2.24) is 0 Å². The molecule has 0 atom stereocenters. The molecule has 0 fully saturated rings. The van der Waals surface area contributed by atoms with E-state index in [9.17, 15) is 14.5 Å². The molecule has 0 aliphatic rings. The molecule has 0 bridgehead atoms. The van der Waals surface area contributed by atoms with E-state index < -0.39 is 17.3 Å². The minimum Gasteiger partial charge on any atom is -0.264 e. The average Bonchev–Trinajstić information content (AvgIpc) is 1.96. The molecule has 64 valence electrons. The van der Waals surface area contributed by atoms with Crippen molar-refractivity contribution >= 4 is 11.6 Å². The summed E-state index contributed by atoms with van der Waals surface area (Å²) in [6.07, 6.45) is 0. The maximum atomic E-state index is 12.8. The molecule has 0 amide bonds. The van der Waals surface area contributed by atoms with Crippen LogP contribution in [0.3, 0.4) is 0 Å². The molecule has 0 radical (unpaired) electrons. The van der Waals surface area contributed by atoms with Gasteiger partial charge in [0, 0.05) is 9.95 Å². The van der Waals surface area contributed by atoms with Crippen LogP contribution in [0.4, 0.5) is 4.39 Å². The number of hydrogen-bond donors (Lipinski definition) is 0. The Morgan fingerprint density at radius 1 is 1.58 bits per heavy atom. The monoisotopic (exact) mass is 189 g/mol. The van der Waals surface area contributed by atoms with Gasteiger partial charge in [-0.05, 0) is 18.2 Å². The SMILES string of the molecule is O=[N+]([O-])Cc1cc(Cl)ccc1F. The first kappa shape index (κ1) is 8.93. The van der Waals surface area contributed by atoms with Gasteiger partial charge in [0.25, 0.3) is 0 Å². The smallest absolute Gasteiger partial charge is 0.231 e. The average molecular weight is 190 g/mol.